The third-order valence-electron chi connectivity index (χ3n) is 3.56. The molecular formula is C13H19N3O3. The first-order valence-electron chi connectivity index (χ1n) is 6.64. The first-order chi connectivity index (χ1) is 9.09. The molecule has 0 bridgehead atoms. The molecule has 1 aliphatic carbocycles. The number of nitrogens with zero attached hydrogens (tertiary/aromatic N) is 2. The molecule has 1 unspecified atom stereocenters. The predicted octanol–water partition coefficient (Wildman–Crippen LogP) is 1.45. The van der Waals surface area contributed by atoms with Crippen LogP contribution < -0.4 is 5.32 Å². The number of amides is 1. The molecule has 6 heteroatoms. The zero-order valence-electron chi connectivity index (χ0n) is 11.0. The molecule has 2 rings (SSSR count). The fourth-order valence-corrected chi connectivity index (χ4v) is 2.36. The van der Waals surface area contributed by atoms with Gasteiger partial charge in [0.2, 0.25) is 0 Å². The highest BCUT2D eigenvalue weighted by molar-refractivity contribution is 5.92. The number of carbonyl (C=O) groups excluding carboxylic acids is 1. The summed E-state index contributed by atoms with van der Waals surface area (Å²) in [6.45, 7) is 1.70. The van der Waals surface area contributed by atoms with Gasteiger partial charge in [0.1, 0.15) is 5.69 Å². The van der Waals surface area contributed by atoms with Gasteiger partial charge in [0.25, 0.3) is 5.91 Å². The molecule has 1 aromatic heterocycles. The van der Waals surface area contributed by atoms with Gasteiger partial charge in [0.15, 0.2) is 0 Å². The van der Waals surface area contributed by atoms with E-state index in [9.17, 15) is 9.59 Å². The second-order valence-corrected chi connectivity index (χ2v) is 5.05. The van der Waals surface area contributed by atoms with Crippen molar-refractivity contribution in [2.45, 2.75) is 38.6 Å². The van der Waals surface area contributed by atoms with Crippen LogP contribution in [0.1, 0.15) is 49.1 Å². The number of aliphatic carboxylic acids is 1. The minimum atomic E-state index is -0.912. The number of hydrogen-bond donors (Lipinski definition) is 2. The number of carboxylic acids is 1. The Kier molecular flexibility index (Phi) is 4.19. The molecule has 1 fully saturated rings. The van der Waals surface area contributed by atoms with Crippen LogP contribution in [0.15, 0.2) is 12.3 Å². The minimum Gasteiger partial charge on any atom is -0.481 e. The van der Waals surface area contributed by atoms with Crippen LogP contribution >= 0.6 is 0 Å². The number of rotatable bonds is 5. The monoisotopic (exact) mass is 265 g/mol. The molecule has 19 heavy (non-hydrogen) atoms. The zero-order chi connectivity index (χ0) is 13.8. The lowest BCUT2D eigenvalue weighted by molar-refractivity contribution is -0.140. The molecular weight excluding hydrogens is 246 g/mol. The fourth-order valence-electron chi connectivity index (χ4n) is 2.36. The van der Waals surface area contributed by atoms with E-state index in [0.717, 1.165) is 12.8 Å². The molecule has 104 valence electrons. The average molecular weight is 265 g/mol. The van der Waals surface area contributed by atoms with Crippen molar-refractivity contribution in [3.63, 3.8) is 0 Å². The topological polar surface area (TPSA) is 84.2 Å². The molecule has 0 spiro atoms. The summed E-state index contributed by atoms with van der Waals surface area (Å²) < 4.78 is 1.77. The van der Waals surface area contributed by atoms with Crippen molar-refractivity contribution >= 4 is 11.9 Å². The van der Waals surface area contributed by atoms with Crippen molar-refractivity contribution in [1.29, 1.82) is 0 Å². The Morgan fingerprint density at radius 3 is 2.84 bits per heavy atom. The van der Waals surface area contributed by atoms with Crippen LogP contribution in [0.3, 0.4) is 0 Å². The van der Waals surface area contributed by atoms with Gasteiger partial charge < -0.3 is 10.4 Å². The largest absolute Gasteiger partial charge is 0.481 e. The maximum absolute atomic E-state index is 12.0. The van der Waals surface area contributed by atoms with Gasteiger partial charge in [-0.25, -0.2) is 0 Å². The minimum absolute atomic E-state index is 0.129. The number of carboxylic acid groups (broad SMARTS) is 1. The van der Waals surface area contributed by atoms with E-state index in [2.05, 4.69) is 10.4 Å². The normalized spacial score (nSPS) is 17.3. The Bertz CT molecular complexity index is 463. The molecule has 2 N–H and O–H groups in total. The van der Waals surface area contributed by atoms with Gasteiger partial charge in [-0.1, -0.05) is 19.8 Å². The molecule has 1 atom stereocenters. The Hall–Kier alpha value is -1.85. The number of hydrogen-bond acceptors (Lipinski definition) is 3. The van der Waals surface area contributed by atoms with E-state index in [1.807, 2.05) is 0 Å². The molecule has 6 nitrogen and oxygen atoms in total. The molecule has 1 aromatic rings. The average Bonchev–Trinajstić information content (AvgIpc) is 3.04. The smallest absolute Gasteiger partial charge is 0.308 e. The van der Waals surface area contributed by atoms with Gasteiger partial charge in [0.05, 0.1) is 12.0 Å². The maximum Gasteiger partial charge on any atom is 0.308 e. The highest BCUT2D eigenvalue weighted by Crippen LogP contribution is 2.29. The molecule has 0 aromatic carbocycles. The first-order valence-corrected chi connectivity index (χ1v) is 6.64. The van der Waals surface area contributed by atoms with Crippen LogP contribution in [0.25, 0.3) is 0 Å². The van der Waals surface area contributed by atoms with E-state index in [0.29, 0.717) is 11.7 Å². The van der Waals surface area contributed by atoms with E-state index in [1.165, 1.54) is 12.8 Å². The second kappa shape index (κ2) is 5.86. The summed E-state index contributed by atoms with van der Waals surface area (Å²) >= 11 is 0. The van der Waals surface area contributed by atoms with Crippen LogP contribution in [-0.4, -0.2) is 33.3 Å². The first kappa shape index (κ1) is 13.6. The lowest BCUT2D eigenvalue weighted by atomic mass is 10.2. The maximum atomic E-state index is 12.0. The molecule has 0 radical (unpaired) electrons. The van der Waals surface area contributed by atoms with Crippen molar-refractivity contribution in [1.82, 2.24) is 15.1 Å². The SMILES string of the molecule is CC(CNC(=O)c1ccnn1C1CCCC1)C(=O)O. The van der Waals surface area contributed by atoms with Gasteiger partial charge in [-0.15, -0.1) is 0 Å². The van der Waals surface area contributed by atoms with Crippen molar-refractivity contribution < 1.29 is 14.7 Å². The zero-order valence-corrected chi connectivity index (χ0v) is 11.0. The Balaban J connectivity index is 1.99. The molecule has 0 aliphatic heterocycles. The highest BCUT2D eigenvalue weighted by Gasteiger charge is 2.23. The lowest BCUT2D eigenvalue weighted by Crippen LogP contribution is -2.33. The standard InChI is InChI=1S/C13H19N3O3/c1-9(13(18)19)8-14-12(17)11-6-7-15-16(11)10-4-2-3-5-10/h6-7,9-10H,2-5,8H2,1H3,(H,14,17)(H,18,19). The van der Waals surface area contributed by atoms with E-state index in [-0.39, 0.29) is 12.5 Å². The molecule has 1 heterocycles. The number of carbonyl (C=O) groups is 2. The van der Waals surface area contributed by atoms with Gasteiger partial charge in [-0.05, 0) is 18.9 Å². The van der Waals surface area contributed by atoms with Crippen LogP contribution in [-0.2, 0) is 4.79 Å². The fraction of sp³-hybridized carbons (Fsp3) is 0.615. The van der Waals surface area contributed by atoms with Crippen molar-refractivity contribution in [3.8, 4) is 0 Å². The van der Waals surface area contributed by atoms with Crippen LogP contribution in [0, 0.1) is 5.92 Å². The summed E-state index contributed by atoms with van der Waals surface area (Å²) in [5.41, 5.74) is 0.518. The van der Waals surface area contributed by atoms with E-state index < -0.39 is 11.9 Å². The summed E-state index contributed by atoms with van der Waals surface area (Å²) in [7, 11) is 0. The molecule has 1 amide bonds. The summed E-state index contributed by atoms with van der Waals surface area (Å²) in [6, 6.07) is 1.98. The predicted molar refractivity (Wildman–Crippen MR) is 68.9 cm³/mol. The van der Waals surface area contributed by atoms with Crippen molar-refractivity contribution in [2.75, 3.05) is 6.54 Å². The van der Waals surface area contributed by atoms with Crippen molar-refractivity contribution in [2.24, 2.45) is 5.92 Å². The summed E-state index contributed by atoms with van der Waals surface area (Å²) in [4.78, 5) is 22.8. The quantitative estimate of drug-likeness (QED) is 0.844. The van der Waals surface area contributed by atoms with Crippen LogP contribution in [0.5, 0.6) is 0 Å². The summed E-state index contributed by atoms with van der Waals surface area (Å²) in [6.07, 6.45) is 6.05. The highest BCUT2D eigenvalue weighted by atomic mass is 16.4. The van der Waals surface area contributed by atoms with Crippen LogP contribution in [0.4, 0.5) is 0 Å². The summed E-state index contributed by atoms with van der Waals surface area (Å²) in [5.74, 6) is -1.76. The third-order valence-corrected chi connectivity index (χ3v) is 3.56. The Morgan fingerprint density at radius 2 is 2.21 bits per heavy atom. The number of nitrogens with one attached hydrogen (secondary N) is 1. The Morgan fingerprint density at radius 1 is 1.53 bits per heavy atom. The van der Waals surface area contributed by atoms with Gasteiger partial charge in [0, 0.05) is 12.7 Å². The van der Waals surface area contributed by atoms with Crippen LogP contribution in [0.2, 0.25) is 0 Å². The Labute approximate surface area is 111 Å². The van der Waals surface area contributed by atoms with E-state index >= 15 is 0 Å². The summed E-state index contributed by atoms with van der Waals surface area (Å²) in [5, 5.41) is 15.7. The van der Waals surface area contributed by atoms with E-state index in [4.69, 9.17) is 5.11 Å². The van der Waals surface area contributed by atoms with Gasteiger partial charge in [-0.3, -0.25) is 14.3 Å². The van der Waals surface area contributed by atoms with Gasteiger partial charge >= 0.3 is 5.97 Å². The molecule has 1 aliphatic rings. The third kappa shape index (κ3) is 3.13. The second-order valence-electron chi connectivity index (χ2n) is 5.05. The van der Waals surface area contributed by atoms with Crippen molar-refractivity contribution in [3.05, 3.63) is 18.0 Å². The van der Waals surface area contributed by atoms with E-state index in [1.54, 1.807) is 23.9 Å². The van der Waals surface area contributed by atoms with Gasteiger partial charge in [-0.2, -0.15) is 5.10 Å². The lowest BCUT2D eigenvalue weighted by Gasteiger charge is -2.14. The molecule has 1 saturated carbocycles. The number of aromatic nitrogens is 2. The molecule has 0 saturated heterocycles.